The summed E-state index contributed by atoms with van der Waals surface area (Å²) in [5.74, 6) is -2.06. The van der Waals surface area contributed by atoms with E-state index < -0.39 is 24.1 Å². The number of carboxylic acid groups (broad SMARTS) is 1. The molecule has 9 heteroatoms. The largest absolute Gasteiger partial charge is 0.477 e. The predicted molar refractivity (Wildman–Crippen MR) is 102 cm³/mol. The zero-order chi connectivity index (χ0) is 19.9. The maximum atomic E-state index is 12.4. The van der Waals surface area contributed by atoms with E-state index in [1.165, 1.54) is 16.7 Å². The van der Waals surface area contributed by atoms with Crippen LogP contribution in [0.5, 0.6) is 0 Å². The lowest BCUT2D eigenvalue weighted by Crippen LogP contribution is -2.63. The first-order chi connectivity index (χ1) is 12.8. The molecule has 0 aromatic heterocycles. The number of carboxylic acids is 1. The van der Waals surface area contributed by atoms with Crippen molar-refractivity contribution in [2.75, 3.05) is 20.1 Å². The van der Waals surface area contributed by atoms with Gasteiger partial charge in [-0.25, -0.2) is 4.79 Å². The molecule has 3 rings (SSSR count). The molecule has 3 heterocycles. The Bertz CT molecular complexity index is 640. The fourth-order valence-electron chi connectivity index (χ4n) is 4.47. The van der Waals surface area contributed by atoms with Gasteiger partial charge in [-0.15, -0.1) is 11.8 Å². The highest BCUT2D eigenvalue weighted by molar-refractivity contribution is 8.03. The average molecular weight is 400 g/mol. The van der Waals surface area contributed by atoms with E-state index in [-0.39, 0.29) is 34.9 Å². The minimum Gasteiger partial charge on any atom is -0.477 e. The summed E-state index contributed by atoms with van der Waals surface area (Å²) in [7, 11) is 1.85. The first kappa shape index (κ1) is 20.6. The molecular formula is C18H29N3O5S. The van der Waals surface area contributed by atoms with Crippen LogP contribution in [0.25, 0.3) is 0 Å². The molecule has 8 nitrogen and oxygen atoms in total. The third-order valence-electron chi connectivity index (χ3n) is 5.88. The Kier molecular flexibility index (Phi) is 6.17. The van der Waals surface area contributed by atoms with Crippen molar-refractivity contribution in [3.8, 4) is 0 Å². The van der Waals surface area contributed by atoms with Crippen molar-refractivity contribution in [1.82, 2.24) is 15.5 Å². The number of carbonyl (C=O) groups is 2. The summed E-state index contributed by atoms with van der Waals surface area (Å²) >= 11 is 1.50. The quantitative estimate of drug-likeness (QED) is 0.349. The molecule has 0 saturated carbocycles. The van der Waals surface area contributed by atoms with E-state index in [0.29, 0.717) is 17.9 Å². The standard InChI is InChI=1S/C18H29N3O5S/c1-8-14-13(9(2)22)17(24)21(14)15(18(25)26)16(8)27-10-6-11(20-7-10)12(23)4-5-19-3/h8-14,19-20,22-23H,4-7H2,1-3H3,(H,25,26)/t8-,9-,10+,11?,12-,13-,14-/m1/s1. The van der Waals surface area contributed by atoms with Crippen LogP contribution in [0.1, 0.15) is 26.7 Å². The van der Waals surface area contributed by atoms with E-state index in [1.54, 1.807) is 6.92 Å². The van der Waals surface area contributed by atoms with E-state index in [1.807, 2.05) is 14.0 Å². The summed E-state index contributed by atoms with van der Waals surface area (Å²) in [4.78, 5) is 26.3. The summed E-state index contributed by atoms with van der Waals surface area (Å²) < 4.78 is 0. The summed E-state index contributed by atoms with van der Waals surface area (Å²) in [5.41, 5.74) is 0.0681. The molecule has 2 fully saturated rings. The van der Waals surface area contributed by atoms with Gasteiger partial charge in [-0.3, -0.25) is 4.79 Å². The Morgan fingerprint density at radius 3 is 2.74 bits per heavy atom. The molecule has 27 heavy (non-hydrogen) atoms. The van der Waals surface area contributed by atoms with E-state index in [0.717, 1.165) is 13.0 Å². The molecule has 0 radical (unpaired) electrons. The van der Waals surface area contributed by atoms with Crippen molar-refractivity contribution in [3.05, 3.63) is 10.6 Å². The minimum atomic E-state index is -1.10. The lowest BCUT2D eigenvalue weighted by atomic mass is 9.79. The minimum absolute atomic E-state index is 0.00897. The Labute approximate surface area is 163 Å². The van der Waals surface area contributed by atoms with Crippen LogP contribution in [0.15, 0.2) is 10.6 Å². The maximum Gasteiger partial charge on any atom is 0.353 e. The van der Waals surface area contributed by atoms with Gasteiger partial charge < -0.3 is 30.9 Å². The molecule has 1 amide bonds. The fraction of sp³-hybridized carbons (Fsp3) is 0.778. The Balaban J connectivity index is 1.71. The molecule has 0 aliphatic carbocycles. The first-order valence-electron chi connectivity index (χ1n) is 9.49. The highest BCUT2D eigenvalue weighted by Crippen LogP contribution is 2.51. The molecule has 0 spiro atoms. The van der Waals surface area contributed by atoms with Crippen molar-refractivity contribution >= 4 is 23.6 Å². The van der Waals surface area contributed by atoms with Gasteiger partial charge in [0.05, 0.1) is 24.2 Å². The van der Waals surface area contributed by atoms with Crippen LogP contribution in [0, 0.1) is 11.8 Å². The van der Waals surface area contributed by atoms with Crippen LogP contribution in [-0.4, -0.2) is 81.8 Å². The molecule has 3 aliphatic rings. The lowest BCUT2D eigenvalue weighted by Gasteiger charge is -2.46. The Hall–Kier alpha value is -1.13. The Morgan fingerprint density at radius 2 is 2.15 bits per heavy atom. The number of aliphatic hydroxyl groups is 2. The van der Waals surface area contributed by atoms with Crippen LogP contribution < -0.4 is 10.6 Å². The molecule has 1 unspecified atom stereocenters. The number of hydrogen-bond donors (Lipinski definition) is 5. The summed E-state index contributed by atoms with van der Waals surface area (Å²) in [6, 6.07) is -0.289. The number of aliphatic carboxylic acids is 1. The average Bonchev–Trinajstić information content (AvgIpc) is 3.15. The highest BCUT2D eigenvalue weighted by atomic mass is 32.2. The number of fused-ring (bicyclic) bond motifs is 1. The van der Waals surface area contributed by atoms with Gasteiger partial charge in [0.15, 0.2) is 0 Å². The molecule has 0 aromatic rings. The van der Waals surface area contributed by atoms with E-state index >= 15 is 0 Å². The van der Waals surface area contributed by atoms with Gasteiger partial charge in [-0.2, -0.15) is 0 Å². The zero-order valence-corrected chi connectivity index (χ0v) is 16.7. The van der Waals surface area contributed by atoms with Gasteiger partial charge in [0.25, 0.3) is 0 Å². The number of thioether (sulfide) groups is 1. The summed E-state index contributed by atoms with van der Waals surface area (Å²) in [6.45, 7) is 4.94. The second kappa shape index (κ2) is 8.08. The number of nitrogens with zero attached hydrogens (tertiary/aromatic N) is 1. The number of hydrogen-bond acceptors (Lipinski definition) is 7. The van der Waals surface area contributed by atoms with E-state index in [4.69, 9.17) is 0 Å². The second-order valence-electron chi connectivity index (χ2n) is 7.72. The van der Waals surface area contributed by atoms with Crippen molar-refractivity contribution in [3.63, 3.8) is 0 Å². The van der Waals surface area contributed by atoms with Crippen molar-refractivity contribution in [2.24, 2.45) is 11.8 Å². The predicted octanol–water partition coefficient (Wildman–Crippen LogP) is -0.426. The SMILES string of the molecule is CNCC[C@@H](O)C1C[C@H](SC2=C(C(=O)O)N3C(=O)[C@H]([C@@H](C)O)[C@H]3[C@H]2C)CN1. The zero-order valence-electron chi connectivity index (χ0n) is 15.9. The van der Waals surface area contributed by atoms with Crippen molar-refractivity contribution < 1.29 is 24.9 Å². The molecule has 5 N–H and O–H groups in total. The molecule has 152 valence electrons. The molecule has 0 aromatic carbocycles. The van der Waals surface area contributed by atoms with Crippen LogP contribution >= 0.6 is 11.8 Å². The molecule has 2 saturated heterocycles. The van der Waals surface area contributed by atoms with Crippen molar-refractivity contribution in [2.45, 2.75) is 56.2 Å². The number of amides is 1. The number of rotatable bonds is 8. The maximum absolute atomic E-state index is 12.4. The van der Waals surface area contributed by atoms with Gasteiger partial charge in [-0.05, 0) is 33.4 Å². The molecule has 7 atom stereocenters. The summed E-state index contributed by atoms with van der Waals surface area (Å²) in [6.07, 6.45) is 0.168. The Morgan fingerprint density at radius 1 is 1.44 bits per heavy atom. The van der Waals surface area contributed by atoms with Crippen LogP contribution in [0.2, 0.25) is 0 Å². The van der Waals surface area contributed by atoms with Crippen LogP contribution in [0.3, 0.4) is 0 Å². The normalized spacial score (nSPS) is 35.2. The fourth-order valence-corrected chi connectivity index (χ4v) is 5.96. The van der Waals surface area contributed by atoms with Crippen LogP contribution in [-0.2, 0) is 9.59 Å². The van der Waals surface area contributed by atoms with E-state index in [2.05, 4.69) is 10.6 Å². The molecule has 3 aliphatic heterocycles. The van der Waals surface area contributed by atoms with Gasteiger partial charge in [0.1, 0.15) is 5.70 Å². The number of aliphatic hydroxyl groups excluding tert-OH is 2. The van der Waals surface area contributed by atoms with E-state index in [9.17, 15) is 24.9 Å². The lowest BCUT2D eigenvalue weighted by molar-refractivity contribution is -0.163. The highest BCUT2D eigenvalue weighted by Gasteiger charge is 2.60. The molecule has 0 bridgehead atoms. The monoisotopic (exact) mass is 399 g/mol. The number of carbonyl (C=O) groups excluding carboxylic acids is 1. The van der Waals surface area contributed by atoms with Crippen LogP contribution in [0.4, 0.5) is 0 Å². The molecular weight excluding hydrogens is 370 g/mol. The van der Waals surface area contributed by atoms with Crippen molar-refractivity contribution in [1.29, 1.82) is 0 Å². The topological polar surface area (TPSA) is 122 Å². The number of nitrogens with one attached hydrogen (secondary N) is 2. The number of β-lactam (4-membered cyclic amide) rings is 1. The van der Waals surface area contributed by atoms with Gasteiger partial charge in [0.2, 0.25) is 5.91 Å². The summed E-state index contributed by atoms with van der Waals surface area (Å²) in [5, 5.41) is 36.4. The smallest absolute Gasteiger partial charge is 0.353 e. The van der Waals surface area contributed by atoms with Gasteiger partial charge >= 0.3 is 5.97 Å². The third kappa shape index (κ3) is 3.63. The third-order valence-corrected chi connectivity index (χ3v) is 7.40. The van der Waals surface area contributed by atoms with Gasteiger partial charge in [0, 0.05) is 28.7 Å². The second-order valence-corrected chi connectivity index (χ2v) is 9.06. The first-order valence-corrected chi connectivity index (χ1v) is 10.4. The van der Waals surface area contributed by atoms with Gasteiger partial charge in [-0.1, -0.05) is 6.92 Å².